The number of alkyl halides is 1. The maximum absolute atomic E-state index is 11.9. The summed E-state index contributed by atoms with van der Waals surface area (Å²) in [6.45, 7) is 1.95. The van der Waals surface area contributed by atoms with Crippen LogP contribution in [0.3, 0.4) is 0 Å². The minimum Gasteiger partial charge on any atom is -0.484 e. The van der Waals surface area contributed by atoms with E-state index in [0.717, 1.165) is 24.1 Å². The maximum Gasteiger partial charge on any atom is 0.305 e. The molecule has 0 radical (unpaired) electrons. The Morgan fingerprint density at radius 2 is 1.90 bits per heavy atom. The molecule has 0 saturated heterocycles. The molecule has 10 heteroatoms. The van der Waals surface area contributed by atoms with Crippen molar-refractivity contribution in [2.24, 2.45) is 0 Å². The standard InChI is InChI=1S/C20H27ClN2O7/c21-13-19(25)23-7-1-2-15-12-16(3-4-17(15)23)30-14-18(24)22-6-9-29-11-10-28-8-5-20(26)27/h3-4,12H,1-2,5-11,13-14H2,(H,22,24)(H,26,27). The minimum absolute atomic E-state index is 0.0376. The third kappa shape index (κ3) is 8.17. The third-order valence-electron chi connectivity index (χ3n) is 4.36. The molecule has 0 bridgehead atoms. The zero-order valence-electron chi connectivity index (χ0n) is 16.7. The number of carboxylic acids is 1. The number of rotatable bonds is 13. The van der Waals surface area contributed by atoms with E-state index in [9.17, 15) is 14.4 Å². The summed E-state index contributed by atoms with van der Waals surface area (Å²) in [6, 6.07) is 5.40. The largest absolute Gasteiger partial charge is 0.484 e. The van der Waals surface area contributed by atoms with Gasteiger partial charge in [0.1, 0.15) is 11.6 Å². The molecule has 30 heavy (non-hydrogen) atoms. The van der Waals surface area contributed by atoms with Crippen molar-refractivity contribution >= 4 is 35.1 Å². The zero-order valence-corrected chi connectivity index (χ0v) is 17.5. The second-order valence-electron chi connectivity index (χ2n) is 6.58. The second-order valence-corrected chi connectivity index (χ2v) is 6.85. The van der Waals surface area contributed by atoms with Gasteiger partial charge in [0.15, 0.2) is 6.61 Å². The van der Waals surface area contributed by atoms with Crippen LogP contribution in [-0.4, -0.2) is 74.9 Å². The number of hydrogen-bond acceptors (Lipinski definition) is 6. The Hall–Kier alpha value is -2.36. The van der Waals surface area contributed by atoms with Gasteiger partial charge in [-0.1, -0.05) is 0 Å². The predicted molar refractivity (Wildman–Crippen MR) is 110 cm³/mol. The van der Waals surface area contributed by atoms with Gasteiger partial charge < -0.3 is 29.5 Å². The minimum atomic E-state index is -0.903. The fraction of sp³-hybridized carbons (Fsp3) is 0.550. The first-order chi connectivity index (χ1) is 14.5. The molecule has 0 saturated carbocycles. The van der Waals surface area contributed by atoms with Crippen molar-refractivity contribution in [2.45, 2.75) is 19.3 Å². The lowest BCUT2D eigenvalue weighted by Crippen LogP contribution is -2.36. The van der Waals surface area contributed by atoms with Crippen LogP contribution in [0, 0.1) is 0 Å². The molecule has 0 aromatic heterocycles. The summed E-state index contributed by atoms with van der Waals surface area (Å²) >= 11 is 5.67. The van der Waals surface area contributed by atoms with Crippen LogP contribution in [0.15, 0.2) is 18.2 Å². The van der Waals surface area contributed by atoms with Gasteiger partial charge in [0.25, 0.3) is 5.91 Å². The molecule has 0 aliphatic carbocycles. The number of ether oxygens (including phenoxy) is 3. The number of fused-ring (bicyclic) bond motifs is 1. The molecule has 0 fully saturated rings. The van der Waals surface area contributed by atoms with Gasteiger partial charge in [0, 0.05) is 18.8 Å². The van der Waals surface area contributed by atoms with Gasteiger partial charge in [0.05, 0.1) is 32.8 Å². The summed E-state index contributed by atoms with van der Waals surface area (Å²) < 4.78 is 15.9. The Balaban J connectivity index is 1.62. The SMILES string of the molecule is O=C(O)CCOCCOCCNC(=O)COc1ccc2c(c1)CCCN2C(=O)CCl. The smallest absolute Gasteiger partial charge is 0.305 e. The molecule has 0 spiro atoms. The molecule has 0 atom stereocenters. The van der Waals surface area contributed by atoms with Crippen molar-refractivity contribution in [2.75, 3.05) is 56.9 Å². The summed E-state index contributed by atoms with van der Waals surface area (Å²) in [4.78, 5) is 35.8. The van der Waals surface area contributed by atoms with E-state index in [0.29, 0.717) is 38.7 Å². The summed E-state index contributed by atoms with van der Waals surface area (Å²) in [5.41, 5.74) is 1.84. The van der Waals surface area contributed by atoms with Gasteiger partial charge in [-0.2, -0.15) is 0 Å². The van der Waals surface area contributed by atoms with Crippen LogP contribution in [0.2, 0.25) is 0 Å². The summed E-state index contributed by atoms with van der Waals surface area (Å²) in [7, 11) is 0. The number of carbonyl (C=O) groups is 3. The normalized spacial score (nSPS) is 12.9. The molecule has 2 rings (SSSR count). The zero-order chi connectivity index (χ0) is 21.8. The van der Waals surface area contributed by atoms with Gasteiger partial charge in [-0.15, -0.1) is 11.6 Å². The van der Waals surface area contributed by atoms with Crippen LogP contribution in [0.25, 0.3) is 0 Å². The van der Waals surface area contributed by atoms with E-state index >= 15 is 0 Å². The molecule has 1 aliphatic heterocycles. The van der Waals surface area contributed by atoms with Crippen molar-refractivity contribution in [3.05, 3.63) is 23.8 Å². The van der Waals surface area contributed by atoms with Gasteiger partial charge in [-0.05, 0) is 36.6 Å². The number of amides is 2. The first kappa shape index (κ1) is 23.9. The lowest BCUT2D eigenvalue weighted by molar-refractivity contribution is -0.138. The fourth-order valence-corrected chi connectivity index (χ4v) is 3.08. The maximum atomic E-state index is 11.9. The Morgan fingerprint density at radius 1 is 1.13 bits per heavy atom. The highest BCUT2D eigenvalue weighted by molar-refractivity contribution is 6.29. The first-order valence-electron chi connectivity index (χ1n) is 9.77. The molecule has 1 aromatic rings. The second kappa shape index (κ2) is 13.0. The average molecular weight is 443 g/mol. The lowest BCUT2D eigenvalue weighted by atomic mass is 10.0. The number of nitrogens with zero attached hydrogens (tertiary/aromatic N) is 1. The van der Waals surface area contributed by atoms with Gasteiger partial charge >= 0.3 is 5.97 Å². The van der Waals surface area contributed by atoms with Gasteiger partial charge in [-0.25, -0.2) is 0 Å². The Bertz CT molecular complexity index is 729. The van der Waals surface area contributed by atoms with Crippen molar-refractivity contribution in [3.63, 3.8) is 0 Å². The number of halogens is 1. The van der Waals surface area contributed by atoms with Crippen molar-refractivity contribution in [3.8, 4) is 5.75 Å². The van der Waals surface area contributed by atoms with Crippen LogP contribution >= 0.6 is 11.6 Å². The van der Waals surface area contributed by atoms with Crippen LogP contribution in [-0.2, 0) is 30.3 Å². The summed E-state index contributed by atoms with van der Waals surface area (Å²) in [5.74, 6) is -0.787. The van der Waals surface area contributed by atoms with Crippen molar-refractivity contribution in [1.82, 2.24) is 5.32 Å². The topological polar surface area (TPSA) is 114 Å². The first-order valence-corrected chi connectivity index (χ1v) is 10.3. The van der Waals surface area contributed by atoms with E-state index < -0.39 is 5.97 Å². The van der Waals surface area contributed by atoms with Crippen LogP contribution in [0.5, 0.6) is 5.75 Å². The number of nitrogens with one attached hydrogen (secondary N) is 1. The monoisotopic (exact) mass is 442 g/mol. The number of carboxylic acid groups (broad SMARTS) is 1. The van der Waals surface area contributed by atoms with E-state index in [1.165, 1.54) is 0 Å². The molecule has 1 aromatic carbocycles. The van der Waals surface area contributed by atoms with E-state index in [1.807, 2.05) is 12.1 Å². The molecule has 166 valence electrons. The van der Waals surface area contributed by atoms with Crippen molar-refractivity contribution in [1.29, 1.82) is 0 Å². The summed E-state index contributed by atoms with van der Waals surface area (Å²) in [5, 5.41) is 11.2. The Labute approximate surface area is 180 Å². The highest BCUT2D eigenvalue weighted by atomic mass is 35.5. The quantitative estimate of drug-likeness (QED) is 0.348. The molecule has 9 nitrogen and oxygen atoms in total. The van der Waals surface area contributed by atoms with Crippen LogP contribution in [0.1, 0.15) is 18.4 Å². The molecule has 1 heterocycles. The number of anilines is 1. The fourth-order valence-electron chi connectivity index (χ4n) is 2.94. The number of carbonyl (C=O) groups excluding carboxylic acids is 2. The lowest BCUT2D eigenvalue weighted by Gasteiger charge is -2.29. The van der Waals surface area contributed by atoms with Crippen LogP contribution < -0.4 is 15.0 Å². The number of aliphatic carboxylic acids is 1. The van der Waals surface area contributed by atoms with Gasteiger partial charge in [-0.3, -0.25) is 14.4 Å². The molecular formula is C20H27ClN2O7. The Morgan fingerprint density at radius 3 is 2.63 bits per heavy atom. The van der Waals surface area contributed by atoms with E-state index in [2.05, 4.69) is 5.32 Å². The molecule has 2 amide bonds. The molecule has 0 unspecified atom stereocenters. The Kier molecular flexibility index (Phi) is 10.4. The van der Waals surface area contributed by atoms with E-state index in [-0.39, 0.29) is 37.3 Å². The van der Waals surface area contributed by atoms with Crippen molar-refractivity contribution < 1.29 is 33.7 Å². The highest BCUT2D eigenvalue weighted by Crippen LogP contribution is 2.30. The number of hydrogen-bond donors (Lipinski definition) is 2. The molecule has 2 N–H and O–H groups in total. The molecular weight excluding hydrogens is 416 g/mol. The van der Waals surface area contributed by atoms with E-state index in [1.54, 1.807) is 11.0 Å². The number of benzene rings is 1. The number of aryl methyl sites for hydroxylation is 1. The van der Waals surface area contributed by atoms with E-state index in [4.69, 9.17) is 30.9 Å². The van der Waals surface area contributed by atoms with Crippen LogP contribution in [0.4, 0.5) is 5.69 Å². The molecule has 1 aliphatic rings. The van der Waals surface area contributed by atoms with Gasteiger partial charge in [0.2, 0.25) is 5.91 Å². The average Bonchev–Trinajstić information content (AvgIpc) is 2.75. The highest BCUT2D eigenvalue weighted by Gasteiger charge is 2.22. The third-order valence-corrected chi connectivity index (χ3v) is 4.58. The predicted octanol–water partition coefficient (Wildman–Crippen LogP) is 1.21. The summed E-state index contributed by atoms with van der Waals surface area (Å²) in [6.07, 6.45) is 1.65.